The number of halogens is 1. The van der Waals surface area contributed by atoms with Gasteiger partial charge in [-0.25, -0.2) is 4.39 Å². The van der Waals surface area contributed by atoms with Crippen LogP contribution in [0.3, 0.4) is 0 Å². The fraction of sp³-hybridized carbons (Fsp3) is 0.304. The van der Waals surface area contributed by atoms with Gasteiger partial charge in [-0.3, -0.25) is 0 Å². The van der Waals surface area contributed by atoms with E-state index >= 15 is 0 Å². The number of fused-ring (bicyclic) bond motifs is 1. The molecule has 3 heteroatoms. The molecular weight excluding hydrogens is 325 g/mol. The Balaban J connectivity index is 1.48. The van der Waals surface area contributed by atoms with Gasteiger partial charge in [0.1, 0.15) is 11.6 Å². The lowest BCUT2D eigenvalue weighted by Crippen LogP contribution is -2.29. The van der Waals surface area contributed by atoms with Gasteiger partial charge in [0, 0.05) is 17.5 Å². The molecule has 3 aromatic rings. The summed E-state index contributed by atoms with van der Waals surface area (Å²) in [5.41, 5.74) is 2.45. The molecule has 0 aliphatic heterocycles. The molecule has 0 saturated heterocycles. The van der Waals surface area contributed by atoms with Crippen molar-refractivity contribution in [3.63, 3.8) is 0 Å². The Kier molecular flexibility index (Phi) is 4.64. The number of rotatable bonds is 4. The molecule has 0 spiro atoms. The minimum atomic E-state index is -0.162. The number of nitrogens with one attached hydrogen (secondary N) is 1. The maximum atomic E-state index is 14.1. The van der Waals surface area contributed by atoms with Gasteiger partial charge in [-0.15, -0.1) is 0 Å². The van der Waals surface area contributed by atoms with Gasteiger partial charge >= 0.3 is 0 Å². The maximum Gasteiger partial charge on any atom is 0.131 e. The van der Waals surface area contributed by atoms with Gasteiger partial charge in [0.05, 0.1) is 0 Å². The van der Waals surface area contributed by atoms with Crippen molar-refractivity contribution in [1.29, 1.82) is 0 Å². The fourth-order valence-corrected chi connectivity index (χ4v) is 4.29. The molecule has 1 saturated carbocycles. The van der Waals surface area contributed by atoms with Gasteiger partial charge in [-0.1, -0.05) is 42.5 Å². The Labute approximate surface area is 153 Å². The van der Waals surface area contributed by atoms with E-state index in [9.17, 15) is 9.50 Å². The first-order chi connectivity index (χ1) is 12.6. The summed E-state index contributed by atoms with van der Waals surface area (Å²) in [5, 5.41) is 14.9. The molecule has 3 aromatic carbocycles. The minimum Gasteiger partial charge on any atom is -0.508 e. The molecule has 3 atom stereocenters. The molecule has 1 unspecified atom stereocenters. The number of phenols is 1. The van der Waals surface area contributed by atoms with E-state index in [-0.39, 0.29) is 11.9 Å². The van der Waals surface area contributed by atoms with E-state index in [1.807, 2.05) is 42.5 Å². The molecule has 0 heterocycles. The van der Waals surface area contributed by atoms with E-state index in [0.29, 0.717) is 23.1 Å². The van der Waals surface area contributed by atoms with Crippen LogP contribution in [0.15, 0.2) is 60.7 Å². The van der Waals surface area contributed by atoms with Crippen molar-refractivity contribution >= 4 is 10.8 Å². The molecule has 134 valence electrons. The zero-order valence-electron chi connectivity index (χ0n) is 15.0. The normalized spacial score (nSPS) is 21.2. The SMILES string of the molecule is C[C@@H](NC1CC[C@H](c2ccc(O)cc2)C1)c1ccc(F)c2ccccc12. The monoisotopic (exact) mass is 349 g/mol. The van der Waals surface area contributed by atoms with Crippen LogP contribution in [0.4, 0.5) is 4.39 Å². The van der Waals surface area contributed by atoms with Crippen molar-refractivity contribution < 1.29 is 9.50 Å². The molecule has 0 aromatic heterocycles. The molecule has 0 amide bonds. The van der Waals surface area contributed by atoms with E-state index < -0.39 is 0 Å². The summed E-state index contributed by atoms with van der Waals surface area (Å²) in [6.07, 6.45) is 3.38. The van der Waals surface area contributed by atoms with Crippen LogP contribution < -0.4 is 5.32 Å². The Hall–Kier alpha value is -2.39. The van der Waals surface area contributed by atoms with E-state index in [0.717, 1.165) is 30.2 Å². The molecule has 2 nitrogen and oxygen atoms in total. The van der Waals surface area contributed by atoms with Crippen LogP contribution in [0, 0.1) is 5.82 Å². The molecule has 26 heavy (non-hydrogen) atoms. The number of hydrogen-bond donors (Lipinski definition) is 2. The Morgan fingerprint density at radius 2 is 1.69 bits per heavy atom. The van der Waals surface area contributed by atoms with E-state index in [1.54, 1.807) is 18.2 Å². The molecule has 0 bridgehead atoms. The zero-order valence-corrected chi connectivity index (χ0v) is 15.0. The number of aromatic hydroxyl groups is 1. The molecule has 0 radical (unpaired) electrons. The summed E-state index contributed by atoms with van der Waals surface area (Å²) in [7, 11) is 0. The van der Waals surface area contributed by atoms with Crippen molar-refractivity contribution in [3.8, 4) is 5.75 Å². The highest BCUT2D eigenvalue weighted by molar-refractivity contribution is 5.86. The van der Waals surface area contributed by atoms with Crippen molar-refractivity contribution in [2.45, 2.75) is 44.2 Å². The number of phenolic OH excluding ortho intramolecular Hbond substituents is 1. The van der Waals surface area contributed by atoms with Crippen molar-refractivity contribution in [2.24, 2.45) is 0 Å². The molecular formula is C23H24FNO. The summed E-state index contributed by atoms with van der Waals surface area (Å²) in [6, 6.07) is 19.4. The number of benzene rings is 3. The van der Waals surface area contributed by atoms with Crippen LogP contribution in [0.5, 0.6) is 5.75 Å². The largest absolute Gasteiger partial charge is 0.508 e. The quantitative estimate of drug-likeness (QED) is 0.636. The third-order valence-corrected chi connectivity index (χ3v) is 5.65. The first kappa shape index (κ1) is 17.0. The molecule has 1 fully saturated rings. The molecule has 1 aliphatic carbocycles. The van der Waals surface area contributed by atoms with Gasteiger partial charge in [-0.2, -0.15) is 0 Å². The zero-order chi connectivity index (χ0) is 18.1. The van der Waals surface area contributed by atoms with Crippen LogP contribution >= 0.6 is 0 Å². The minimum absolute atomic E-state index is 0.162. The van der Waals surface area contributed by atoms with Crippen LogP contribution in [-0.2, 0) is 0 Å². The van der Waals surface area contributed by atoms with Gasteiger partial charge in [0.2, 0.25) is 0 Å². The highest BCUT2D eigenvalue weighted by Crippen LogP contribution is 2.36. The second kappa shape index (κ2) is 7.08. The summed E-state index contributed by atoms with van der Waals surface area (Å²) in [5.74, 6) is 0.688. The lowest BCUT2D eigenvalue weighted by Gasteiger charge is -2.22. The Bertz CT molecular complexity index is 906. The lowest BCUT2D eigenvalue weighted by atomic mass is 9.96. The third-order valence-electron chi connectivity index (χ3n) is 5.65. The van der Waals surface area contributed by atoms with Crippen molar-refractivity contribution in [2.75, 3.05) is 0 Å². The summed E-state index contributed by atoms with van der Waals surface area (Å²) in [6.45, 7) is 2.16. The standard InChI is InChI=1S/C23H24FNO/c1-15(20-12-13-23(24)22-5-3-2-4-21(20)22)25-18-9-6-17(14-18)16-7-10-19(26)11-8-16/h2-5,7-8,10-13,15,17-18,25-26H,6,9,14H2,1H3/t15-,17+,18?/m1/s1. The van der Waals surface area contributed by atoms with Crippen molar-refractivity contribution in [1.82, 2.24) is 5.32 Å². The fourth-order valence-electron chi connectivity index (χ4n) is 4.29. The summed E-state index contributed by atoms with van der Waals surface area (Å²) in [4.78, 5) is 0. The average molecular weight is 349 g/mol. The van der Waals surface area contributed by atoms with E-state index in [1.165, 1.54) is 5.56 Å². The van der Waals surface area contributed by atoms with Gasteiger partial charge < -0.3 is 10.4 Å². The molecule has 1 aliphatic rings. The van der Waals surface area contributed by atoms with Crippen LogP contribution in [0.1, 0.15) is 49.3 Å². The topological polar surface area (TPSA) is 32.3 Å². The second-order valence-corrected chi connectivity index (χ2v) is 7.37. The van der Waals surface area contributed by atoms with Crippen LogP contribution in [-0.4, -0.2) is 11.1 Å². The van der Waals surface area contributed by atoms with Gasteiger partial charge in [0.25, 0.3) is 0 Å². The predicted octanol–water partition coefficient (Wildman–Crippen LogP) is 5.67. The maximum absolute atomic E-state index is 14.1. The van der Waals surface area contributed by atoms with Crippen molar-refractivity contribution in [3.05, 3.63) is 77.6 Å². The predicted molar refractivity (Wildman–Crippen MR) is 104 cm³/mol. The second-order valence-electron chi connectivity index (χ2n) is 7.37. The average Bonchev–Trinajstić information content (AvgIpc) is 3.11. The summed E-state index contributed by atoms with van der Waals surface area (Å²) < 4.78 is 14.1. The first-order valence-corrected chi connectivity index (χ1v) is 9.34. The molecule has 4 rings (SSSR count). The number of hydrogen-bond acceptors (Lipinski definition) is 2. The Morgan fingerprint density at radius 1 is 0.962 bits per heavy atom. The van der Waals surface area contributed by atoms with Crippen LogP contribution in [0.2, 0.25) is 0 Å². The highest BCUT2D eigenvalue weighted by atomic mass is 19.1. The smallest absolute Gasteiger partial charge is 0.131 e. The summed E-state index contributed by atoms with van der Waals surface area (Å²) >= 11 is 0. The Morgan fingerprint density at radius 3 is 2.46 bits per heavy atom. The van der Waals surface area contributed by atoms with E-state index in [4.69, 9.17) is 0 Å². The van der Waals surface area contributed by atoms with Gasteiger partial charge in [-0.05, 0) is 66.8 Å². The lowest BCUT2D eigenvalue weighted by molar-refractivity contribution is 0.458. The third kappa shape index (κ3) is 3.32. The first-order valence-electron chi connectivity index (χ1n) is 9.34. The molecule has 2 N–H and O–H groups in total. The van der Waals surface area contributed by atoms with Gasteiger partial charge in [0.15, 0.2) is 0 Å². The van der Waals surface area contributed by atoms with Crippen LogP contribution in [0.25, 0.3) is 10.8 Å². The van der Waals surface area contributed by atoms with E-state index in [2.05, 4.69) is 12.2 Å². The highest BCUT2D eigenvalue weighted by Gasteiger charge is 2.27.